The van der Waals surface area contributed by atoms with Crippen LogP contribution in [0.2, 0.25) is 0 Å². The van der Waals surface area contributed by atoms with Crippen molar-refractivity contribution in [2.75, 3.05) is 26.2 Å². The third-order valence-corrected chi connectivity index (χ3v) is 3.13. The molecule has 0 spiro atoms. The lowest BCUT2D eigenvalue weighted by molar-refractivity contribution is -0.132. The molecule has 1 aliphatic rings. The normalized spacial score (nSPS) is 18.3. The van der Waals surface area contributed by atoms with Crippen LogP contribution in [0.5, 0.6) is 5.75 Å². The summed E-state index contributed by atoms with van der Waals surface area (Å²) in [4.78, 5) is 13.8. The molecule has 1 heterocycles. The summed E-state index contributed by atoms with van der Waals surface area (Å²) in [5.74, 6) is -0.139. The second-order valence-corrected chi connectivity index (χ2v) is 4.72. The summed E-state index contributed by atoms with van der Waals surface area (Å²) in [6, 6.07) is 6.54. The fourth-order valence-corrected chi connectivity index (χ4v) is 2.13. The highest BCUT2D eigenvalue weighted by molar-refractivity contribution is 5.85. The van der Waals surface area contributed by atoms with Crippen LogP contribution in [0.25, 0.3) is 0 Å². The number of ether oxygens (including phenoxy) is 1. The van der Waals surface area contributed by atoms with E-state index in [1.165, 1.54) is 6.07 Å². The molecule has 1 aromatic carbocycles. The lowest BCUT2D eigenvalue weighted by Crippen LogP contribution is -2.51. The average Bonchev–Trinajstić information content (AvgIpc) is 2.41. The Labute approximate surface area is 124 Å². The van der Waals surface area contributed by atoms with E-state index in [4.69, 9.17) is 4.74 Å². The number of hydrogen-bond donors (Lipinski definition) is 1. The first kappa shape index (κ1) is 16.7. The van der Waals surface area contributed by atoms with Crippen LogP contribution in [0.3, 0.4) is 0 Å². The maximum atomic E-state index is 13.3. The number of nitrogens with one attached hydrogen (secondary N) is 1. The highest BCUT2D eigenvalue weighted by Gasteiger charge is 2.20. The Kier molecular flexibility index (Phi) is 6.75. The largest absolute Gasteiger partial charge is 0.490 e. The van der Waals surface area contributed by atoms with Crippen molar-refractivity contribution >= 4 is 18.3 Å². The quantitative estimate of drug-likeness (QED) is 0.923. The lowest BCUT2D eigenvalue weighted by Gasteiger charge is -2.31. The summed E-state index contributed by atoms with van der Waals surface area (Å²) in [5, 5.41) is 3.28. The maximum absolute atomic E-state index is 13.3. The predicted octanol–water partition coefficient (Wildman–Crippen LogP) is 1.84. The van der Waals surface area contributed by atoms with E-state index in [1.54, 1.807) is 18.2 Å². The van der Waals surface area contributed by atoms with Gasteiger partial charge in [0.05, 0.1) is 13.0 Å². The first-order valence-corrected chi connectivity index (χ1v) is 6.55. The van der Waals surface area contributed by atoms with Gasteiger partial charge in [-0.25, -0.2) is 4.39 Å². The molecule has 1 aliphatic heterocycles. The summed E-state index contributed by atoms with van der Waals surface area (Å²) in [6.45, 7) is 4.52. The van der Waals surface area contributed by atoms with E-state index in [-0.39, 0.29) is 37.1 Å². The van der Waals surface area contributed by atoms with Gasteiger partial charge in [0.15, 0.2) is 11.6 Å². The molecule has 1 aromatic rings. The van der Waals surface area contributed by atoms with Gasteiger partial charge in [0.25, 0.3) is 0 Å². The molecule has 6 heteroatoms. The first-order valence-electron chi connectivity index (χ1n) is 6.55. The molecule has 1 N–H and O–H groups in total. The Morgan fingerprint density at radius 2 is 2.25 bits per heavy atom. The first-order chi connectivity index (χ1) is 9.16. The predicted molar refractivity (Wildman–Crippen MR) is 77.8 cm³/mol. The molecule has 1 fully saturated rings. The molecule has 0 aromatic heterocycles. The minimum absolute atomic E-state index is 0. The molecule has 1 unspecified atom stereocenters. The van der Waals surface area contributed by atoms with Crippen molar-refractivity contribution in [3.63, 3.8) is 0 Å². The van der Waals surface area contributed by atoms with E-state index in [2.05, 4.69) is 12.2 Å². The fourth-order valence-electron chi connectivity index (χ4n) is 2.13. The van der Waals surface area contributed by atoms with Gasteiger partial charge in [0, 0.05) is 25.7 Å². The Balaban J connectivity index is 0.00000200. The van der Waals surface area contributed by atoms with Gasteiger partial charge >= 0.3 is 0 Å². The molecule has 1 atom stereocenters. The van der Waals surface area contributed by atoms with Gasteiger partial charge in [-0.2, -0.15) is 0 Å². The van der Waals surface area contributed by atoms with E-state index >= 15 is 0 Å². The number of piperazine rings is 1. The lowest BCUT2D eigenvalue weighted by atomic mass is 10.2. The average molecular weight is 303 g/mol. The highest BCUT2D eigenvalue weighted by Crippen LogP contribution is 2.15. The summed E-state index contributed by atoms with van der Waals surface area (Å²) in [7, 11) is 0. The monoisotopic (exact) mass is 302 g/mol. The van der Waals surface area contributed by atoms with Crippen LogP contribution in [0.15, 0.2) is 24.3 Å². The van der Waals surface area contributed by atoms with E-state index in [0.29, 0.717) is 6.04 Å². The van der Waals surface area contributed by atoms with Crippen molar-refractivity contribution in [2.24, 2.45) is 0 Å². The van der Waals surface area contributed by atoms with Gasteiger partial charge < -0.3 is 15.0 Å². The Bertz CT molecular complexity index is 445. The van der Waals surface area contributed by atoms with E-state index < -0.39 is 5.82 Å². The molecule has 0 bridgehead atoms. The zero-order chi connectivity index (χ0) is 13.7. The van der Waals surface area contributed by atoms with E-state index in [9.17, 15) is 9.18 Å². The molecular weight excluding hydrogens is 283 g/mol. The number of hydrogen-bond acceptors (Lipinski definition) is 3. The Morgan fingerprint density at radius 3 is 2.95 bits per heavy atom. The molecule has 112 valence electrons. The molecule has 0 saturated carbocycles. The number of carbonyl (C=O) groups excluding carboxylic acids is 1. The zero-order valence-corrected chi connectivity index (χ0v) is 12.3. The Hall–Kier alpha value is -1.33. The third-order valence-electron chi connectivity index (χ3n) is 3.13. The summed E-state index contributed by atoms with van der Waals surface area (Å²) in [5.41, 5.74) is 0. The molecule has 0 aliphatic carbocycles. The molecule has 1 amide bonds. The van der Waals surface area contributed by atoms with Crippen LogP contribution < -0.4 is 10.1 Å². The summed E-state index contributed by atoms with van der Waals surface area (Å²) >= 11 is 0. The number of amides is 1. The zero-order valence-electron chi connectivity index (χ0n) is 11.5. The highest BCUT2D eigenvalue weighted by atomic mass is 35.5. The van der Waals surface area contributed by atoms with Gasteiger partial charge in [-0.15, -0.1) is 12.4 Å². The van der Waals surface area contributed by atoms with E-state index in [1.807, 2.05) is 4.90 Å². The maximum Gasteiger partial charge on any atom is 0.226 e. The number of halogens is 2. The molecular formula is C14H20ClFN2O2. The van der Waals surface area contributed by atoms with Gasteiger partial charge in [-0.3, -0.25) is 4.79 Å². The number of nitrogens with zero attached hydrogens (tertiary/aromatic N) is 1. The van der Waals surface area contributed by atoms with Gasteiger partial charge in [-0.1, -0.05) is 12.1 Å². The van der Waals surface area contributed by atoms with Crippen molar-refractivity contribution < 1.29 is 13.9 Å². The molecule has 20 heavy (non-hydrogen) atoms. The van der Waals surface area contributed by atoms with Gasteiger partial charge in [0.2, 0.25) is 5.91 Å². The third kappa shape index (κ3) is 4.65. The van der Waals surface area contributed by atoms with Crippen LogP contribution in [-0.2, 0) is 4.79 Å². The molecule has 0 radical (unpaired) electrons. The molecule has 4 nitrogen and oxygen atoms in total. The fraction of sp³-hybridized carbons (Fsp3) is 0.500. The second-order valence-electron chi connectivity index (χ2n) is 4.72. The summed E-state index contributed by atoms with van der Waals surface area (Å²) < 4.78 is 18.6. The minimum Gasteiger partial charge on any atom is -0.490 e. The van der Waals surface area contributed by atoms with Crippen LogP contribution in [0, 0.1) is 5.82 Å². The number of rotatable bonds is 4. The molecule has 2 rings (SSSR count). The Morgan fingerprint density at radius 1 is 1.50 bits per heavy atom. The standard InChI is InChI=1S/C14H19FN2O2.ClH/c1-11-10-17(8-7-16-11)14(18)6-9-19-13-5-3-2-4-12(13)15;/h2-5,11,16H,6-10H2,1H3;1H. The number of benzene rings is 1. The van der Waals surface area contributed by atoms with Crippen LogP contribution in [0.4, 0.5) is 4.39 Å². The van der Waals surface area contributed by atoms with Crippen molar-refractivity contribution in [1.82, 2.24) is 10.2 Å². The van der Waals surface area contributed by atoms with Crippen molar-refractivity contribution in [3.8, 4) is 5.75 Å². The van der Waals surface area contributed by atoms with Crippen molar-refractivity contribution in [1.29, 1.82) is 0 Å². The van der Waals surface area contributed by atoms with Crippen LogP contribution >= 0.6 is 12.4 Å². The second kappa shape index (κ2) is 8.07. The van der Waals surface area contributed by atoms with Gasteiger partial charge in [0.1, 0.15) is 0 Å². The van der Waals surface area contributed by atoms with Gasteiger partial charge in [-0.05, 0) is 19.1 Å². The van der Waals surface area contributed by atoms with E-state index in [0.717, 1.165) is 19.6 Å². The van der Waals surface area contributed by atoms with Crippen molar-refractivity contribution in [2.45, 2.75) is 19.4 Å². The summed E-state index contributed by atoms with van der Waals surface area (Å²) in [6.07, 6.45) is 0.279. The SMILES string of the molecule is CC1CN(C(=O)CCOc2ccccc2F)CCN1.Cl. The number of para-hydroxylation sites is 1. The van der Waals surface area contributed by atoms with Crippen LogP contribution in [-0.4, -0.2) is 43.1 Å². The number of carbonyl (C=O) groups is 1. The minimum atomic E-state index is -0.397. The molecule has 1 saturated heterocycles. The smallest absolute Gasteiger partial charge is 0.226 e. The van der Waals surface area contributed by atoms with Crippen molar-refractivity contribution in [3.05, 3.63) is 30.1 Å². The topological polar surface area (TPSA) is 41.6 Å². The van der Waals surface area contributed by atoms with Crippen LogP contribution in [0.1, 0.15) is 13.3 Å².